The maximum absolute atomic E-state index is 15.3. The predicted molar refractivity (Wildman–Crippen MR) is 204 cm³/mol. The van der Waals surface area contributed by atoms with Crippen LogP contribution >= 0.6 is 0 Å². The molecule has 1 aliphatic carbocycles. The van der Waals surface area contributed by atoms with Crippen molar-refractivity contribution in [1.82, 2.24) is 14.9 Å². The Morgan fingerprint density at radius 1 is 1.13 bits per heavy atom. The highest BCUT2D eigenvalue weighted by molar-refractivity contribution is 6.15. The van der Waals surface area contributed by atoms with E-state index >= 15 is 8.78 Å². The zero-order chi connectivity index (χ0) is 37.2. The molecular weight excluding hydrogens is 678 g/mol. The van der Waals surface area contributed by atoms with Gasteiger partial charge < -0.3 is 34.9 Å². The first-order valence-electron chi connectivity index (χ1n) is 19.0. The molecule has 1 saturated carbocycles. The molecule has 1 atom stereocenters. The molecule has 4 fully saturated rings. The van der Waals surface area contributed by atoms with E-state index < -0.39 is 6.67 Å². The van der Waals surface area contributed by atoms with Crippen molar-refractivity contribution in [2.24, 2.45) is 27.5 Å². The van der Waals surface area contributed by atoms with E-state index in [1.807, 2.05) is 6.92 Å². The van der Waals surface area contributed by atoms with Gasteiger partial charge in [0.2, 0.25) is 0 Å². The second-order valence-electron chi connectivity index (χ2n) is 15.5. The number of ether oxygens (including phenoxy) is 3. The molecule has 53 heavy (non-hydrogen) atoms. The fourth-order valence-corrected chi connectivity index (χ4v) is 8.43. The summed E-state index contributed by atoms with van der Waals surface area (Å²) >= 11 is 0. The van der Waals surface area contributed by atoms with Crippen molar-refractivity contribution in [3.63, 3.8) is 0 Å². The number of phenols is 1. The molecule has 4 aliphatic rings. The molecule has 3 N–H and O–H groups in total. The van der Waals surface area contributed by atoms with E-state index in [2.05, 4.69) is 28.3 Å². The Morgan fingerprint density at radius 2 is 1.94 bits per heavy atom. The number of rotatable bonds is 12. The van der Waals surface area contributed by atoms with Crippen LogP contribution in [0.2, 0.25) is 0 Å². The molecule has 0 amide bonds. The number of aliphatic imine (C=N–C) groups is 1. The molecule has 284 valence electrons. The summed E-state index contributed by atoms with van der Waals surface area (Å²) in [6.07, 6.45) is 8.91. The SMILES string of the molecule is C=C(N=C(/C=C\N)c1c(CF)nc(OCC2(CN3CCC4(CCOCC4)C3)CC2)nc1N1CCOCC(C)C1)c1cc(O)cc2ccc(F)c(CC)c12. The van der Waals surface area contributed by atoms with E-state index in [1.54, 1.807) is 18.2 Å². The van der Waals surface area contributed by atoms with Crippen molar-refractivity contribution in [2.75, 3.05) is 70.7 Å². The van der Waals surface area contributed by atoms with Gasteiger partial charge in [0.15, 0.2) is 0 Å². The van der Waals surface area contributed by atoms with Crippen LogP contribution in [0.4, 0.5) is 14.6 Å². The number of aromatic hydroxyl groups is 1. The first-order chi connectivity index (χ1) is 25.6. The summed E-state index contributed by atoms with van der Waals surface area (Å²) in [4.78, 5) is 19.2. The first kappa shape index (κ1) is 37.2. The second kappa shape index (κ2) is 15.7. The molecule has 3 aliphatic heterocycles. The Morgan fingerprint density at radius 3 is 2.68 bits per heavy atom. The van der Waals surface area contributed by atoms with Crippen LogP contribution in [0.5, 0.6) is 11.8 Å². The van der Waals surface area contributed by atoms with Gasteiger partial charge >= 0.3 is 6.01 Å². The second-order valence-corrected chi connectivity index (χ2v) is 15.5. The van der Waals surface area contributed by atoms with Crippen molar-refractivity contribution in [3.8, 4) is 11.8 Å². The number of alkyl halides is 1. The highest BCUT2D eigenvalue weighted by Crippen LogP contribution is 2.49. The van der Waals surface area contributed by atoms with Crippen LogP contribution < -0.4 is 15.4 Å². The maximum Gasteiger partial charge on any atom is 0.318 e. The normalized spacial score (nSPS) is 21.8. The monoisotopic (exact) mass is 730 g/mol. The van der Waals surface area contributed by atoms with Gasteiger partial charge in [-0.2, -0.15) is 9.97 Å². The molecule has 12 heteroatoms. The van der Waals surface area contributed by atoms with Gasteiger partial charge in [-0.1, -0.05) is 26.5 Å². The molecule has 4 heterocycles. The number of anilines is 1. The summed E-state index contributed by atoms with van der Waals surface area (Å²) < 4.78 is 48.2. The van der Waals surface area contributed by atoms with Crippen LogP contribution in [-0.2, 0) is 22.6 Å². The van der Waals surface area contributed by atoms with Crippen LogP contribution in [0, 0.1) is 22.6 Å². The molecule has 3 saturated heterocycles. The number of aromatic nitrogens is 2. The summed E-state index contributed by atoms with van der Waals surface area (Å²) in [5.74, 6) is 0.278. The number of hydrogen-bond acceptors (Lipinski definition) is 10. The lowest BCUT2D eigenvalue weighted by Gasteiger charge is -2.34. The minimum atomic E-state index is -0.907. The van der Waals surface area contributed by atoms with Gasteiger partial charge in [0.05, 0.1) is 42.5 Å². The lowest BCUT2D eigenvalue weighted by molar-refractivity contribution is 0.0179. The van der Waals surface area contributed by atoms with Crippen LogP contribution in [0.3, 0.4) is 0 Å². The minimum Gasteiger partial charge on any atom is -0.508 e. The molecule has 3 aromatic rings. The van der Waals surface area contributed by atoms with Gasteiger partial charge in [-0.15, -0.1) is 0 Å². The van der Waals surface area contributed by atoms with E-state index in [4.69, 9.17) is 29.9 Å². The Hall–Kier alpha value is -4.13. The van der Waals surface area contributed by atoms with Gasteiger partial charge in [0, 0.05) is 50.4 Å². The third-order valence-corrected chi connectivity index (χ3v) is 11.5. The molecule has 1 spiro atoms. The number of benzene rings is 2. The quantitative estimate of drug-likeness (QED) is 0.200. The summed E-state index contributed by atoms with van der Waals surface area (Å²) in [5, 5.41) is 11.9. The largest absolute Gasteiger partial charge is 0.508 e. The van der Waals surface area contributed by atoms with Gasteiger partial charge in [-0.3, -0.25) is 0 Å². The van der Waals surface area contributed by atoms with Gasteiger partial charge in [-0.05, 0) is 103 Å². The number of nitrogens with two attached hydrogens (primary N) is 1. The molecule has 0 bridgehead atoms. The average molecular weight is 731 g/mol. The molecule has 7 rings (SSSR count). The van der Waals surface area contributed by atoms with Gasteiger partial charge in [0.25, 0.3) is 0 Å². The molecule has 0 radical (unpaired) electrons. The molecular formula is C41H52F2N6O4. The number of phenolic OH excluding ortho intramolecular Hbond substituents is 1. The molecule has 1 aromatic heterocycles. The Labute approximate surface area is 310 Å². The number of hydrogen-bond donors (Lipinski definition) is 2. The van der Waals surface area contributed by atoms with Crippen LogP contribution in [0.15, 0.2) is 48.1 Å². The van der Waals surface area contributed by atoms with Gasteiger partial charge in [-0.25, -0.2) is 13.8 Å². The molecule has 10 nitrogen and oxygen atoms in total. The number of allylic oxidation sites excluding steroid dienone is 1. The topological polar surface area (TPSA) is 119 Å². The minimum absolute atomic E-state index is 0.0109. The van der Waals surface area contributed by atoms with E-state index in [9.17, 15) is 5.11 Å². The number of fused-ring (bicyclic) bond motifs is 1. The zero-order valence-electron chi connectivity index (χ0n) is 31.0. The third kappa shape index (κ3) is 8.05. The zero-order valence-corrected chi connectivity index (χ0v) is 31.0. The lowest BCUT2D eigenvalue weighted by Crippen LogP contribution is -2.36. The van der Waals surface area contributed by atoms with E-state index in [1.165, 1.54) is 24.8 Å². The fourth-order valence-electron chi connectivity index (χ4n) is 8.43. The van der Waals surface area contributed by atoms with Gasteiger partial charge in [0.1, 0.15) is 24.1 Å². The van der Waals surface area contributed by atoms with E-state index in [0.717, 1.165) is 58.5 Å². The summed E-state index contributed by atoms with van der Waals surface area (Å²) in [6.45, 7) is 14.8. The maximum atomic E-state index is 15.3. The van der Waals surface area contributed by atoms with Crippen molar-refractivity contribution in [3.05, 3.63) is 71.3 Å². The lowest BCUT2D eigenvalue weighted by atomic mass is 9.80. The van der Waals surface area contributed by atoms with E-state index in [0.29, 0.717) is 78.0 Å². The average Bonchev–Trinajstić information content (AvgIpc) is 3.87. The predicted octanol–water partition coefficient (Wildman–Crippen LogP) is 6.57. The summed E-state index contributed by atoms with van der Waals surface area (Å²) in [6, 6.07) is 6.25. The molecule has 2 aromatic carbocycles. The van der Waals surface area contributed by atoms with Crippen molar-refractivity contribution in [1.29, 1.82) is 0 Å². The Bertz CT molecular complexity index is 1890. The smallest absolute Gasteiger partial charge is 0.318 e. The number of aryl methyl sites for hydroxylation is 1. The van der Waals surface area contributed by atoms with Crippen molar-refractivity contribution < 1.29 is 28.1 Å². The summed E-state index contributed by atoms with van der Waals surface area (Å²) in [5.41, 5.74) is 8.32. The Balaban J connectivity index is 1.23. The number of likely N-dealkylation sites (tertiary alicyclic amines) is 1. The third-order valence-electron chi connectivity index (χ3n) is 11.5. The van der Waals surface area contributed by atoms with Crippen molar-refractivity contribution >= 4 is 28.0 Å². The highest BCUT2D eigenvalue weighted by Gasteiger charge is 2.48. The first-order valence-corrected chi connectivity index (χ1v) is 19.0. The molecule has 1 unspecified atom stereocenters. The van der Waals surface area contributed by atoms with Crippen molar-refractivity contribution in [2.45, 2.75) is 59.0 Å². The van der Waals surface area contributed by atoms with Crippen LogP contribution in [0.25, 0.3) is 16.5 Å². The van der Waals surface area contributed by atoms with Crippen LogP contribution in [0.1, 0.15) is 68.3 Å². The summed E-state index contributed by atoms with van der Waals surface area (Å²) in [7, 11) is 0. The fraction of sp³-hybridized carbons (Fsp3) is 0.537. The standard InChI is InChI=1S/C41H52F2N6O4/c1-4-31-33(43)6-5-29-19-30(50)20-32(36(29)31)28(3)45-34(7-13-44)37-35(21-42)46-39(47-38(37)49-15-18-52-23-27(2)22-49)53-26-41(8-9-41)25-48-14-10-40(24-48)11-16-51-17-12-40/h5-7,13,19-20,27,50H,3-4,8-12,14-18,21-26,44H2,1-2H3/b13-7-,45-34?. The highest BCUT2D eigenvalue weighted by atomic mass is 19.1. The number of nitrogens with zero attached hydrogens (tertiary/aromatic N) is 5. The van der Waals surface area contributed by atoms with E-state index in [-0.39, 0.29) is 46.0 Å². The number of halogens is 2. The van der Waals surface area contributed by atoms with Crippen LogP contribution in [-0.4, -0.2) is 91.4 Å². The Kier molecular flexibility index (Phi) is 11.0.